The Balaban J connectivity index is 2.30. The smallest absolute Gasteiger partial charge is 0.218 e. The Morgan fingerprint density at radius 1 is 1.40 bits per heavy atom. The third kappa shape index (κ3) is 3.01. The van der Waals surface area contributed by atoms with Crippen molar-refractivity contribution in [1.29, 1.82) is 5.26 Å². The molecule has 6 heteroatoms. The van der Waals surface area contributed by atoms with E-state index in [0.29, 0.717) is 30.9 Å². The van der Waals surface area contributed by atoms with Crippen LogP contribution in [0.25, 0.3) is 0 Å². The molecule has 0 radical (unpaired) electrons. The molecule has 1 heterocycles. The quantitative estimate of drug-likeness (QED) is 0.847. The molecule has 20 heavy (non-hydrogen) atoms. The zero-order valence-corrected chi connectivity index (χ0v) is 12.5. The van der Waals surface area contributed by atoms with Gasteiger partial charge in [-0.2, -0.15) is 9.57 Å². The van der Waals surface area contributed by atoms with Crippen LogP contribution in [0.4, 0.5) is 0 Å². The molecule has 108 valence electrons. The van der Waals surface area contributed by atoms with Crippen LogP contribution >= 0.6 is 0 Å². The molecule has 2 rings (SSSR count). The molecule has 0 unspecified atom stereocenters. The Morgan fingerprint density at radius 3 is 2.75 bits per heavy atom. The van der Waals surface area contributed by atoms with Crippen LogP contribution in [0.1, 0.15) is 25.0 Å². The average Bonchev–Trinajstić information content (AvgIpc) is 2.38. The fourth-order valence-corrected chi connectivity index (χ4v) is 4.35. The van der Waals surface area contributed by atoms with Gasteiger partial charge in [0.2, 0.25) is 10.0 Å². The van der Waals surface area contributed by atoms with E-state index in [9.17, 15) is 8.42 Å². The molecule has 1 aromatic rings. The molecule has 0 bridgehead atoms. The van der Waals surface area contributed by atoms with Gasteiger partial charge in [0.25, 0.3) is 0 Å². The second-order valence-electron chi connectivity index (χ2n) is 5.46. The summed E-state index contributed by atoms with van der Waals surface area (Å²) < 4.78 is 32.0. The van der Waals surface area contributed by atoms with Gasteiger partial charge in [0.05, 0.1) is 36.1 Å². The topological polar surface area (TPSA) is 70.4 Å². The van der Waals surface area contributed by atoms with Crippen molar-refractivity contribution in [3.63, 3.8) is 0 Å². The third-order valence-electron chi connectivity index (χ3n) is 3.38. The van der Waals surface area contributed by atoms with Crippen LogP contribution in [0.15, 0.2) is 24.3 Å². The molecule has 1 fully saturated rings. The molecule has 0 aromatic heterocycles. The minimum absolute atomic E-state index is 0.153. The van der Waals surface area contributed by atoms with E-state index >= 15 is 0 Å². The maximum absolute atomic E-state index is 12.6. The summed E-state index contributed by atoms with van der Waals surface area (Å²) in [5, 5.41) is 9.05. The molecule has 0 saturated carbocycles. The number of hydrogen-bond acceptors (Lipinski definition) is 4. The van der Waals surface area contributed by atoms with Crippen molar-refractivity contribution in [2.75, 3.05) is 19.8 Å². The zero-order valence-electron chi connectivity index (χ0n) is 11.7. The minimum atomic E-state index is -3.47. The van der Waals surface area contributed by atoms with E-state index in [1.807, 2.05) is 19.9 Å². The molecule has 1 saturated heterocycles. The lowest BCUT2D eigenvalue weighted by atomic mass is 10.1. The predicted molar refractivity (Wildman–Crippen MR) is 75.4 cm³/mol. The first kappa shape index (κ1) is 15.0. The van der Waals surface area contributed by atoms with Gasteiger partial charge in [0.1, 0.15) is 0 Å². The second kappa shape index (κ2) is 5.52. The van der Waals surface area contributed by atoms with E-state index in [1.165, 1.54) is 4.31 Å². The lowest BCUT2D eigenvalue weighted by molar-refractivity contribution is -0.00778. The van der Waals surface area contributed by atoms with Gasteiger partial charge >= 0.3 is 0 Å². The highest BCUT2D eigenvalue weighted by Gasteiger charge is 2.38. The second-order valence-corrected chi connectivity index (χ2v) is 7.36. The van der Waals surface area contributed by atoms with Crippen molar-refractivity contribution >= 4 is 10.0 Å². The maximum atomic E-state index is 12.6. The van der Waals surface area contributed by atoms with Gasteiger partial charge in [-0.25, -0.2) is 8.42 Å². The molecule has 0 atom stereocenters. The van der Waals surface area contributed by atoms with Crippen molar-refractivity contribution in [1.82, 2.24) is 4.31 Å². The van der Waals surface area contributed by atoms with Crippen molar-refractivity contribution < 1.29 is 13.2 Å². The fourth-order valence-electron chi connectivity index (χ4n) is 2.39. The monoisotopic (exact) mass is 294 g/mol. The average molecular weight is 294 g/mol. The van der Waals surface area contributed by atoms with Crippen LogP contribution in [0.3, 0.4) is 0 Å². The summed E-state index contributed by atoms with van der Waals surface area (Å²) in [5.41, 5.74) is 0.387. The minimum Gasteiger partial charge on any atom is -0.378 e. The zero-order chi connectivity index (χ0) is 14.8. The van der Waals surface area contributed by atoms with Gasteiger partial charge in [-0.3, -0.25) is 0 Å². The molecular weight excluding hydrogens is 276 g/mol. The summed E-state index contributed by atoms with van der Waals surface area (Å²) >= 11 is 0. The number of rotatable bonds is 3. The van der Waals surface area contributed by atoms with Gasteiger partial charge in [0, 0.05) is 6.54 Å². The Bertz CT molecular complexity index is 632. The number of nitriles is 1. The summed E-state index contributed by atoms with van der Waals surface area (Å²) in [6.07, 6.45) is 0. The Kier molecular flexibility index (Phi) is 4.14. The van der Waals surface area contributed by atoms with Gasteiger partial charge < -0.3 is 4.74 Å². The lowest BCUT2D eigenvalue weighted by Crippen LogP contribution is -2.55. The number of morpholine rings is 1. The van der Waals surface area contributed by atoms with E-state index in [2.05, 4.69) is 0 Å². The Hall–Kier alpha value is -1.42. The van der Waals surface area contributed by atoms with E-state index in [-0.39, 0.29) is 5.75 Å². The first-order valence-corrected chi connectivity index (χ1v) is 8.04. The van der Waals surface area contributed by atoms with Crippen LogP contribution < -0.4 is 0 Å². The summed E-state index contributed by atoms with van der Waals surface area (Å²) in [4.78, 5) is 0. The predicted octanol–water partition coefficient (Wildman–Crippen LogP) is 1.50. The van der Waals surface area contributed by atoms with E-state index in [0.717, 1.165) is 0 Å². The lowest BCUT2D eigenvalue weighted by Gasteiger charge is -2.40. The first-order valence-electron chi connectivity index (χ1n) is 6.43. The summed E-state index contributed by atoms with van der Waals surface area (Å²) in [7, 11) is -3.47. The third-order valence-corrected chi connectivity index (χ3v) is 5.40. The van der Waals surface area contributed by atoms with Gasteiger partial charge in [0.15, 0.2) is 0 Å². The van der Waals surface area contributed by atoms with Crippen LogP contribution in [0.5, 0.6) is 0 Å². The van der Waals surface area contributed by atoms with Crippen LogP contribution in [-0.2, 0) is 20.5 Å². The molecule has 1 aliphatic rings. The number of benzene rings is 1. The van der Waals surface area contributed by atoms with Crippen molar-refractivity contribution in [3.8, 4) is 6.07 Å². The summed E-state index contributed by atoms with van der Waals surface area (Å²) in [6.45, 7) is 4.83. The molecule has 1 aliphatic heterocycles. The normalized spacial score (nSPS) is 19.4. The number of sulfonamides is 1. The SMILES string of the molecule is CC1(C)COCCN1S(=O)(=O)Cc1ccccc1C#N. The van der Waals surface area contributed by atoms with Gasteiger partial charge in [-0.1, -0.05) is 18.2 Å². The fraction of sp³-hybridized carbons (Fsp3) is 0.500. The largest absolute Gasteiger partial charge is 0.378 e. The summed E-state index contributed by atoms with van der Waals surface area (Å²) in [5.74, 6) is -0.153. The highest BCUT2D eigenvalue weighted by Crippen LogP contribution is 2.25. The van der Waals surface area contributed by atoms with E-state index in [4.69, 9.17) is 10.00 Å². The number of hydrogen-bond donors (Lipinski definition) is 0. The number of nitrogens with zero attached hydrogens (tertiary/aromatic N) is 2. The van der Waals surface area contributed by atoms with Crippen LogP contribution in [-0.4, -0.2) is 38.0 Å². The summed E-state index contributed by atoms with van der Waals surface area (Å²) in [6, 6.07) is 8.83. The standard InChI is InChI=1S/C14H18N2O3S/c1-14(2)11-19-8-7-16(14)20(17,18)10-13-6-4-3-5-12(13)9-15/h3-6H,7-8,10-11H2,1-2H3. The first-order chi connectivity index (χ1) is 9.37. The molecule has 0 amide bonds. The molecule has 0 N–H and O–H groups in total. The highest BCUT2D eigenvalue weighted by atomic mass is 32.2. The molecular formula is C14H18N2O3S. The van der Waals surface area contributed by atoms with Crippen molar-refractivity contribution in [2.45, 2.75) is 25.1 Å². The van der Waals surface area contributed by atoms with E-state index < -0.39 is 15.6 Å². The van der Waals surface area contributed by atoms with E-state index in [1.54, 1.807) is 24.3 Å². The Labute approximate surface area is 119 Å². The van der Waals surface area contributed by atoms with Gasteiger partial charge in [-0.15, -0.1) is 0 Å². The van der Waals surface area contributed by atoms with Crippen molar-refractivity contribution in [3.05, 3.63) is 35.4 Å². The molecule has 1 aromatic carbocycles. The Morgan fingerprint density at radius 2 is 2.10 bits per heavy atom. The van der Waals surface area contributed by atoms with Crippen molar-refractivity contribution in [2.24, 2.45) is 0 Å². The van der Waals surface area contributed by atoms with Crippen LogP contribution in [0.2, 0.25) is 0 Å². The van der Waals surface area contributed by atoms with Gasteiger partial charge in [-0.05, 0) is 25.5 Å². The number of ether oxygens (including phenoxy) is 1. The molecule has 5 nitrogen and oxygen atoms in total. The maximum Gasteiger partial charge on any atom is 0.218 e. The molecule has 0 aliphatic carbocycles. The van der Waals surface area contributed by atoms with Crippen LogP contribution in [0, 0.1) is 11.3 Å². The molecule has 0 spiro atoms. The highest BCUT2D eigenvalue weighted by molar-refractivity contribution is 7.88.